The molecule has 0 aliphatic heterocycles. The largest absolute Gasteiger partial charge is 0.496 e. The van der Waals surface area contributed by atoms with Crippen molar-refractivity contribution in [2.75, 3.05) is 7.11 Å². The van der Waals surface area contributed by atoms with Gasteiger partial charge in [0.2, 0.25) is 0 Å². The summed E-state index contributed by atoms with van der Waals surface area (Å²) in [6.07, 6.45) is 0.863. The third-order valence-electron chi connectivity index (χ3n) is 2.58. The van der Waals surface area contributed by atoms with Crippen LogP contribution in [0.15, 0.2) is 18.2 Å². The second kappa shape index (κ2) is 4.88. The molecule has 0 spiro atoms. The number of rotatable bonds is 4. The topological polar surface area (TPSA) is 35.2 Å². The van der Waals surface area contributed by atoms with Crippen molar-refractivity contribution < 1.29 is 4.74 Å². The van der Waals surface area contributed by atoms with Crippen LogP contribution in [0.5, 0.6) is 5.75 Å². The van der Waals surface area contributed by atoms with Gasteiger partial charge in [-0.05, 0) is 43.4 Å². The zero-order valence-electron chi connectivity index (χ0n) is 11.0. The lowest BCUT2D eigenvalue weighted by Crippen LogP contribution is -2.34. The van der Waals surface area contributed by atoms with Crippen LogP contribution < -0.4 is 10.5 Å². The molecule has 16 heavy (non-hydrogen) atoms. The SMILES string of the molecule is COc1cc(CC(C)(C)N)ccc1C(C)C. The quantitative estimate of drug-likeness (QED) is 0.848. The summed E-state index contributed by atoms with van der Waals surface area (Å²) in [6.45, 7) is 8.42. The Morgan fingerprint density at radius 3 is 2.38 bits per heavy atom. The Morgan fingerprint density at radius 1 is 1.31 bits per heavy atom. The van der Waals surface area contributed by atoms with Gasteiger partial charge in [-0.1, -0.05) is 26.0 Å². The highest BCUT2D eigenvalue weighted by Crippen LogP contribution is 2.28. The van der Waals surface area contributed by atoms with E-state index in [0.29, 0.717) is 5.92 Å². The van der Waals surface area contributed by atoms with Crippen LogP contribution in [0, 0.1) is 0 Å². The van der Waals surface area contributed by atoms with E-state index < -0.39 is 0 Å². The van der Waals surface area contributed by atoms with Gasteiger partial charge in [0.25, 0.3) is 0 Å². The van der Waals surface area contributed by atoms with Crippen LogP contribution in [0.25, 0.3) is 0 Å². The van der Waals surface area contributed by atoms with E-state index in [1.165, 1.54) is 11.1 Å². The Kier molecular flexibility index (Phi) is 3.98. The predicted molar refractivity (Wildman–Crippen MR) is 69.1 cm³/mol. The van der Waals surface area contributed by atoms with Gasteiger partial charge in [-0.15, -0.1) is 0 Å². The molecular weight excluding hydrogens is 198 g/mol. The molecular formula is C14H23NO. The van der Waals surface area contributed by atoms with E-state index in [0.717, 1.165) is 12.2 Å². The van der Waals surface area contributed by atoms with Crippen LogP contribution in [0.3, 0.4) is 0 Å². The molecule has 0 saturated carbocycles. The minimum atomic E-state index is -0.176. The number of nitrogens with two attached hydrogens (primary N) is 1. The Morgan fingerprint density at radius 2 is 1.94 bits per heavy atom. The van der Waals surface area contributed by atoms with Crippen molar-refractivity contribution in [3.05, 3.63) is 29.3 Å². The molecule has 2 heteroatoms. The maximum absolute atomic E-state index is 6.02. The minimum absolute atomic E-state index is 0.176. The van der Waals surface area contributed by atoms with E-state index in [1.54, 1.807) is 7.11 Å². The van der Waals surface area contributed by atoms with Crippen LogP contribution in [0.4, 0.5) is 0 Å². The molecule has 0 amide bonds. The molecule has 1 rings (SSSR count). The average Bonchev–Trinajstić information content (AvgIpc) is 2.14. The fourth-order valence-electron chi connectivity index (χ4n) is 1.87. The molecule has 0 heterocycles. The first kappa shape index (κ1) is 13.0. The molecule has 0 aliphatic rings. The van der Waals surface area contributed by atoms with Crippen LogP contribution in [0.1, 0.15) is 44.7 Å². The second-order valence-electron chi connectivity index (χ2n) is 5.40. The Bertz CT molecular complexity index is 350. The molecule has 0 bridgehead atoms. The summed E-state index contributed by atoms with van der Waals surface area (Å²) in [5.41, 5.74) is 8.32. The third kappa shape index (κ3) is 3.53. The van der Waals surface area contributed by atoms with E-state index in [-0.39, 0.29) is 5.54 Å². The van der Waals surface area contributed by atoms with E-state index in [9.17, 15) is 0 Å². The predicted octanol–water partition coefficient (Wildman–Crippen LogP) is 3.10. The average molecular weight is 221 g/mol. The van der Waals surface area contributed by atoms with Gasteiger partial charge >= 0.3 is 0 Å². The molecule has 2 N–H and O–H groups in total. The number of hydrogen-bond donors (Lipinski definition) is 1. The number of methoxy groups -OCH3 is 1. The molecule has 0 unspecified atom stereocenters. The molecule has 0 aliphatic carbocycles. The fourth-order valence-corrected chi connectivity index (χ4v) is 1.87. The van der Waals surface area contributed by atoms with Crippen molar-refractivity contribution in [3.8, 4) is 5.75 Å². The highest BCUT2D eigenvalue weighted by atomic mass is 16.5. The zero-order valence-corrected chi connectivity index (χ0v) is 11.0. The van der Waals surface area contributed by atoms with E-state index in [2.05, 4.69) is 32.0 Å². The standard InChI is InChI=1S/C14H23NO/c1-10(2)12-7-6-11(8-13(12)16-5)9-14(3,4)15/h6-8,10H,9,15H2,1-5H3. The van der Waals surface area contributed by atoms with Crippen molar-refractivity contribution in [1.29, 1.82) is 0 Å². The lowest BCUT2D eigenvalue weighted by Gasteiger charge is -2.20. The van der Waals surface area contributed by atoms with Gasteiger partial charge in [-0.3, -0.25) is 0 Å². The lowest BCUT2D eigenvalue weighted by molar-refractivity contribution is 0.406. The molecule has 90 valence electrons. The van der Waals surface area contributed by atoms with Crippen LogP contribution in [-0.4, -0.2) is 12.6 Å². The molecule has 0 aromatic heterocycles. The summed E-state index contributed by atoms with van der Waals surface area (Å²) in [5, 5.41) is 0. The van der Waals surface area contributed by atoms with Crippen molar-refractivity contribution in [3.63, 3.8) is 0 Å². The summed E-state index contributed by atoms with van der Waals surface area (Å²) in [7, 11) is 1.72. The maximum Gasteiger partial charge on any atom is 0.122 e. The first-order chi connectivity index (χ1) is 7.33. The Balaban J connectivity index is 3.00. The second-order valence-corrected chi connectivity index (χ2v) is 5.40. The van der Waals surface area contributed by atoms with Gasteiger partial charge in [0.05, 0.1) is 7.11 Å². The molecule has 0 saturated heterocycles. The van der Waals surface area contributed by atoms with Gasteiger partial charge in [0.1, 0.15) is 5.75 Å². The van der Waals surface area contributed by atoms with Gasteiger partial charge in [-0.25, -0.2) is 0 Å². The Labute approximate surface area is 98.8 Å². The van der Waals surface area contributed by atoms with Gasteiger partial charge in [0.15, 0.2) is 0 Å². The normalized spacial score (nSPS) is 11.9. The third-order valence-corrected chi connectivity index (χ3v) is 2.58. The monoisotopic (exact) mass is 221 g/mol. The van der Waals surface area contributed by atoms with E-state index >= 15 is 0 Å². The van der Waals surface area contributed by atoms with Crippen LogP contribution in [-0.2, 0) is 6.42 Å². The highest BCUT2D eigenvalue weighted by molar-refractivity contribution is 5.39. The zero-order chi connectivity index (χ0) is 12.3. The summed E-state index contributed by atoms with van der Waals surface area (Å²) in [4.78, 5) is 0. The van der Waals surface area contributed by atoms with Gasteiger partial charge < -0.3 is 10.5 Å². The van der Waals surface area contributed by atoms with Crippen LogP contribution in [0.2, 0.25) is 0 Å². The molecule has 1 aromatic carbocycles. The molecule has 2 nitrogen and oxygen atoms in total. The van der Waals surface area contributed by atoms with E-state index in [4.69, 9.17) is 10.5 Å². The summed E-state index contributed by atoms with van der Waals surface area (Å²) >= 11 is 0. The summed E-state index contributed by atoms with van der Waals surface area (Å²) in [6, 6.07) is 6.39. The molecule has 0 atom stereocenters. The number of benzene rings is 1. The molecule has 0 fully saturated rings. The number of ether oxygens (including phenoxy) is 1. The summed E-state index contributed by atoms with van der Waals surface area (Å²) in [5.74, 6) is 1.45. The first-order valence-electron chi connectivity index (χ1n) is 5.79. The fraction of sp³-hybridized carbons (Fsp3) is 0.571. The van der Waals surface area contributed by atoms with Gasteiger partial charge in [-0.2, -0.15) is 0 Å². The lowest BCUT2D eigenvalue weighted by atomic mass is 9.93. The van der Waals surface area contributed by atoms with Crippen LogP contribution >= 0.6 is 0 Å². The van der Waals surface area contributed by atoms with Crippen molar-refractivity contribution in [1.82, 2.24) is 0 Å². The van der Waals surface area contributed by atoms with Gasteiger partial charge in [0, 0.05) is 5.54 Å². The maximum atomic E-state index is 6.02. The van der Waals surface area contributed by atoms with Crippen molar-refractivity contribution >= 4 is 0 Å². The van der Waals surface area contributed by atoms with Crippen molar-refractivity contribution in [2.45, 2.75) is 45.6 Å². The number of hydrogen-bond acceptors (Lipinski definition) is 2. The van der Waals surface area contributed by atoms with E-state index in [1.807, 2.05) is 13.8 Å². The summed E-state index contributed by atoms with van der Waals surface area (Å²) < 4.78 is 5.42. The first-order valence-corrected chi connectivity index (χ1v) is 5.79. The smallest absolute Gasteiger partial charge is 0.122 e. The highest BCUT2D eigenvalue weighted by Gasteiger charge is 2.14. The Hall–Kier alpha value is -1.02. The minimum Gasteiger partial charge on any atom is -0.496 e. The van der Waals surface area contributed by atoms with Crippen molar-refractivity contribution in [2.24, 2.45) is 5.73 Å². The molecule has 1 aromatic rings. The molecule has 0 radical (unpaired) electrons.